The fraction of sp³-hybridized carbons (Fsp3) is 0.632. The third-order valence-electron chi connectivity index (χ3n) is 4.88. The maximum absolute atomic E-state index is 12.7. The van der Waals surface area contributed by atoms with Crippen LogP contribution in [0.1, 0.15) is 52.0 Å². The van der Waals surface area contributed by atoms with Gasteiger partial charge in [-0.15, -0.1) is 0 Å². The first kappa shape index (κ1) is 17.8. The van der Waals surface area contributed by atoms with Crippen LogP contribution in [0, 0.1) is 5.92 Å². The summed E-state index contributed by atoms with van der Waals surface area (Å²) in [5.41, 5.74) is 0.997. The van der Waals surface area contributed by atoms with Gasteiger partial charge in [0.1, 0.15) is 6.61 Å². The highest BCUT2D eigenvalue weighted by molar-refractivity contribution is 5.68. The molecule has 0 radical (unpaired) electrons. The van der Waals surface area contributed by atoms with E-state index >= 15 is 0 Å². The van der Waals surface area contributed by atoms with Crippen LogP contribution in [0.4, 0.5) is 4.79 Å². The summed E-state index contributed by atoms with van der Waals surface area (Å²) in [6, 6.07) is 10.0. The van der Waals surface area contributed by atoms with Crippen LogP contribution in [0.25, 0.3) is 0 Å². The summed E-state index contributed by atoms with van der Waals surface area (Å²) >= 11 is 0. The molecule has 1 amide bonds. The van der Waals surface area contributed by atoms with E-state index < -0.39 is 0 Å². The van der Waals surface area contributed by atoms with Gasteiger partial charge in [0.2, 0.25) is 0 Å². The van der Waals surface area contributed by atoms with Crippen LogP contribution >= 0.6 is 0 Å². The summed E-state index contributed by atoms with van der Waals surface area (Å²) in [5.74, 6) is 0.367. The number of ether oxygens (including phenoxy) is 1. The molecule has 4 heteroatoms. The van der Waals surface area contributed by atoms with Crippen molar-refractivity contribution in [1.82, 2.24) is 4.90 Å². The van der Waals surface area contributed by atoms with Crippen molar-refractivity contribution in [3.05, 3.63) is 35.9 Å². The monoisotopic (exact) mass is 319 g/mol. The normalized spacial score (nSPS) is 22.7. The van der Waals surface area contributed by atoms with Crippen LogP contribution in [0.3, 0.4) is 0 Å². The molecule has 1 atom stereocenters. The second kappa shape index (κ2) is 8.34. The van der Waals surface area contributed by atoms with Gasteiger partial charge in [-0.25, -0.2) is 4.79 Å². The molecule has 2 rings (SSSR count). The molecule has 0 aliphatic heterocycles. The molecular weight excluding hydrogens is 290 g/mol. The van der Waals surface area contributed by atoms with E-state index in [0.29, 0.717) is 12.5 Å². The standard InChI is InChI=1S/C19H29NO3/c1-14(2)15(3)20(17-9-11-18(21)12-10-17)19(22)23-13-16-7-5-4-6-8-16/h4-8,14-15,17-18,21H,9-13H2,1-3H3. The topological polar surface area (TPSA) is 49.8 Å². The van der Waals surface area contributed by atoms with Gasteiger partial charge in [0, 0.05) is 12.1 Å². The van der Waals surface area contributed by atoms with Gasteiger partial charge in [-0.2, -0.15) is 0 Å². The molecule has 0 aromatic heterocycles. The third-order valence-corrected chi connectivity index (χ3v) is 4.88. The molecule has 1 fully saturated rings. The van der Waals surface area contributed by atoms with Crippen molar-refractivity contribution in [3.63, 3.8) is 0 Å². The lowest BCUT2D eigenvalue weighted by atomic mass is 9.90. The number of carbonyl (C=O) groups is 1. The lowest BCUT2D eigenvalue weighted by Gasteiger charge is -2.40. The molecule has 1 aliphatic carbocycles. The van der Waals surface area contributed by atoms with Gasteiger partial charge < -0.3 is 14.7 Å². The summed E-state index contributed by atoms with van der Waals surface area (Å²) in [4.78, 5) is 14.6. The zero-order chi connectivity index (χ0) is 16.8. The summed E-state index contributed by atoms with van der Waals surface area (Å²) < 4.78 is 5.57. The van der Waals surface area contributed by atoms with E-state index in [2.05, 4.69) is 20.8 Å². The van der Waals surface area contributed by atoms with Gasteiger partial charge in [-0.05, 0) is 44.1 Å². The van der Waals surface area contributed by atoms with Crippen molar-refractivity contribution in [2.45, 2.75) is 71.2 Å². The van der Waals surface area contributed by atoms with Gasteiger partial charge in [0.15, 0.2) is 0 Å². The molecular formula is C19H29NO3. The van der Waals surface area contributed by atoms with Crippen molar-refractivity contribution >= 4 is 6.09 Å². The molecule has 1 unspecified atom stereocenters. The molecule has 0 heterocycles. The molecule has 4 nitrogen and oxygen atoms in total. The smallest absolute Gasteiger partial charge is 0.410 e. The summed E-state index contributed by atoms with van der Waals surface area (Å²) in [6.45, 7) is 6.63. The highest BCUT2D eigenvalue weighted by Crippen LogP contribution is 2.27. The van der Waals surface area contributed by atoms with Gasteiger partial charge >= 0.3 is 6.09 Å². The molecule has 23 heavy (non-hydrogen) atoms. The van der Waals surface area contributed by atoms with Crippen molar-refractivity contribution < 1.29 is 14.6 Å². The molecule has 0 saturated heterocycles. The highest BCUT2D eigenvalue weighted by atomic mass is 16.6. The van der Waals surface area contributed by atoms with E-state index in [-0.39, 0.29) is 24.3 Å². The summed E-state index contributed by atoms with van der Waals surface area (Å²) in [7, 11) is 0. The van der Waals surface area contributed by atoms with E-state index in [9.17, 15) is 9.90 Å². The Bertz CT molecular complexity index is 481. The number of nitrogens with zero attached hydrogens (tertiary/aromatic N) is 1. The SMILES string of the molecule is CC(C)C(C)N(C(=O)OCc1ccccc1)C1CCC(O)CC1. The Morgan fingerprint density at radius 1 is 1.17 bits per heavy atom. The highest BCUT2D eigenvalue weighted by Gasteiger charge is 2.33. The van der Waals surface area contributed by atoms with Gasteiger partial charge in [-0.1, -0.05) is 44.2 Å². The zero-order valence-corrected chi connectivity index (χ0v) is 14.4. The summed E-state index contributed by atoms with van der Waals surface area (Å²) in [6.07, 6.45) is 2.76. The lowest BCUT2D eigenvalue weighted by molar-refractivity contribution is 0.0259. The van der Waals surface area contributed by atoms with Crippen LogP contribution in [-0.2, 0) is 11.3 Å². The minimum atomic E-state index is -0.239. The Kier molecular flexibility index (Phi) is 6.46. The quantitative estimate of drug-likeness (QED) is 0.893. The fourth-order valence-corrected chi connectivity index (χ4v) is 3.10. The first-order chi connectivity index (χ1) is 11.0. The van der Waals surface area contributed by atoms with E-state index in [1.54, 1.807) is 0 Å². The molecule has 1 N–H and O–H groups in total. The van der Waals surface area contributed by atoms with E-state index in [1.165, 1.54) is 0 Å². The predicted molar refractivity (Wildman–Crippen MR) is 91.0 cm³/mol. The van der Waals surface area contributed by atoms with Crippen LogP contribution in [0.15, 0.2) is 30.3 Å². The van der Waals surface area contributed by atoms with E-state index in [0.717, 1.165) is 31.2 Å². The molecule has 1 aromatic carbocycles. The molecule has 1 aliphatic rings. The first-order valence-electron chi connectivity index (χ1n) is 8.66. The number of carbonyl (C=O) groups excluding carboxylic acids is 1. The Balaban J connectivity index is 2.02. The minimum Gasteiger partial charge on any atom is -0.445 e. The maximum atomic E-state index is 12.7. The van der Waals surface area contributed by atoms with Crippen molar-refractivity contribution in [2.24, 2.45) is 5.92 Å². The maximum Gasteiger partial charge on any atom is 0.410 e. The number of aliphatic hydroxyl groups excluding tert-OH is 1. The molecule has 0 bridgehead atoms. The lowest BCUT2D eigenvalue weighted by Crippen LogP contribution is -2.49. The third kappa shape index (κ3) is 4.96. The predicted octanol–water partition coefficient (Wildman–Crippen LogP) is 3.97. The number of benzene rings is 1. The van der Waals surface area contributed by atoms with Crippen molar-refractivity contribution in [3.8, 4) is 0 Å². The Hall–Kier alpha value is -1.55. The Labute approximate surface area is 139 Å². The molecule has 128 valence electrons. The largest absolute Gasteiger partial charge is 0.445 e. The zero-order valence-electron chi connectivity index (χ0n) is 14.4. The Morgan fingerprint density at radius 2 is 1.78 bits per heavy atom. The number of aliphatic hydroxyl groups is 1. The number of rotatable bonds is 5. The number of amides is 1. The number of hydrogen-bond donors (Lipinski definition) is 1. The van der Waals surface area contributed by atoms with Gasteiger partial charge in [0.05, 0.1) is 6.10 Å². The second-order valence-corrected chi connectivity index (χ2v) is 6.89. The van der Waals surface area contributed by atoms with Crippen molar-refractivity contribution in [2.75, 3.05) is 0 Å². The fourth-order valence-electron chi connectivity index (χ4n) is 3.10. The molecule has 1 saturated carbocycles. The number of hydrogen-bond acceptors (Lipinski definition) is 3. The van der Waals surface area contributed by atoms with Gasteiger partial charge in [0.25, 0.3) is 0 Å². The van der Waals surface area contributed by atoms with E-state index in [4.69, 9.17) is 4.74 Å². The average molecular weight is 319 g/mol. The average Bonchev–Trinajstić information content (AvgIpc) is 2.55. The van der Waals surface area contributed by atoms with Crippen LogP contribution in [-0.4, -0.2) is 34.3 Å². The summed E-state index contributed by atoms with van der Waals surface area (Å²) in [5, 5.41) is 9.71. The first-order valence-corrected chi connectivity index (χ1v) is 8.66. The van der Waals surface area contributed by atoms with Gasteiger partial charge in [-0.3, -0.25) is 0 Å². The minimum absolute atomic E-state index is 0.124. The van der Waals surface area contributed by atoms with Crippen LogP contribution < -0.4 is 0 Å². The van der Waals surface area contributed by atoms with Crippen molar-refractivity contribution in [1.29, 1.82) is 0 Å². The second-order valence-electron chi connectivity index (χ2n) is 6.89. The van der Waals surface area contributed by atoms with Crippen LogP contribution in [0.5, 0.6) is 0 Å². The molecule has 1 aromatic rings. The van der Waals surface area contributed by atoms with E-state index in [1.807, 2.05) is 35.2 Å². The Morgan fingerprint density at radius 3 is 2.35 bits per heavy atom. The molecule has 0 spiro atoms. The van der Waals surface area contributed by atoms with Crippen LogP contribution in [0.2, 0.25) is 0 Å².